The second-order valence-electron chi connectivity index (χ2n) is 6.81. The molecule has 3 atom stereocenters. The standard InChI is InChI=1S/C18H22N4OS2/c1-11-7-3-4-8-13(11)19-16(23)12(2)24-17-20-21-18-22(17)14-9-5-6-10-15(14)25-18/h5-6,9-13H,3-4,7-8H2,1-2H3,(H,19,23). The zero-order chi connectivity index (χ0) is 17.4. The molecule has 0 spiro atoms. The van der Waals surface area contributed by atoms with E-state index in [2.05, 4.69) is 39.0 Å². The average molecular weight is 375 g/mol. The maximum atomic E-state index is 12.6. The number of nitrogens with zero attached hydrogens (tertiary/aromatic N) is 3. The van der Waals surface area contributed by atoms with Crippen LogP contribution in [0.2, 0.25) is 0 Å². The molecule has 0 bridgehead atoms. The van der Waals surface area contributed by atoms with Crippen molar-refractivity contribution in [3.8, 4) is 0 Å². The minimum atomic E-state index is -0.194. The summed E-state index contributed by atoms with van der Waals surface area (Å²) in [6.45, 7) is 4.19. The number of hydrogen-bond acceptors (Lipinski definition) is 5. The largest absolute Gasteiger partial charge is 0.352 e. The molecule has 4 rings (SSSR count). The summed E-state index contributed by atoms with van der Waals surface area (Å²) in [5.74, 6) is 0.663. The molecule has 25 heavy (non-hydrogen) atoms. The van der Waals surface area contributed by atoms with Crippen LogP contribution in [0.3, 0.4) is 0 Å². The number of nitrogens with one attached hydrogen (secondary N) is 1. The Hall–Kier alpha value is -1.60. The molecule has 132 valence electrons. The molecular weight excluding hydrogens is 352 g/mol. The monoisotopic (exact) mass is 374 g/mol. The molecule has 1 amide bonds. The fourth-order valence-corrected chi connectivity index (χ4v) is 5.37. The van der Waals surface area contributed by atoms with E-state index in [1.54, 1.807) is 11.3 Å². The van der Waals surface area contributed by atoms with Gasteiger partial charge in [-0.3, -0.25) is 9.20 Å². The van der Waals surface area contributed by atoms with Crippen molar-refractivity contribution < 1.29 is 4.79 Å². The lowest BCUT2D eigenvalue weighted by atomic mass is 9.86. The van der Waals surface area contributed by atoms with Crippen LogP contribution in [0, 0.1) is 5.92 Å². The lowest BCUT2D eigenvalue weighted by Gasteiger charge is -2.30. The van der Waals surface area contributed by atoms with Crippen molar-refractivity contribution in [2.75, 3.05) is 0 Å². The van der Waals surface area contributed by atoms with Crippen LogP contribution in [-0.2, 0) is 4.79 Å². The first-order valence-electron chi connectivity index (χ1n) is 8.83. The first-order valence-corrected chi connectivity index (χ1v) is 10.5. The van der Waals surface area contributed by atoms with Crippen molar-refractivity contribution in [3.63, 3.8) is 0 Å². The maximum absolute atomic E-state index is 12.6. The molecule has 1 fully saturated rings. The molecule has 0 radical (unpaired) electrons. The lowest BCUT2D eigenvalue weighted by molar-refractivity contribution is -0.121. The fourth-order valence-electron chi connectivity index (χ4n) is 3.47. The Morgan fingerprint density at radius 1 is 1.32 bits per heavy atom. The van der Waals surface area contributed by atoms with Crippen molar-refractivity contribution in [3.05, 3.63) is 24.3 Å². The second-order valence-corrected chi connectivity index (χ2v) is 9.12. The van der Waals surface area contributed by atoms with Crippen LogP contribution in [0.5, 0.6) is 0 Å². The summed E-state index contributed by atoms with van der Waals surface area (Å²) in [6, 6.07) is 8.51. The maximum Gasteiger partial charge on any atom is 0.233 e. The molecule has 0 saturated heterocycles. The molecule has 1 saturated carbocycles. The van der Waals surface area contributed by atoms with Gasteiger partial charge in [0.05, 0.1) is 15.5 Å². The Morgan fingerprint density at radius 2 is 2.12 bits per heavy atom. The van der Waals surface area contributed by atoms with E-state index in [0.29, 0.717) is 12.0 Å². The number of carbonyl (C=O) groups is 1. The topological polar surface area (TPSA) is 59.3 Å². The van der Waals surface area contributed by atoms with Gasteiger partial charge in [-0.2, -0.15) is 0 Å². The third-order valence-electron chi connectivity index (χ3n) is 5.00. The van der Waals surface area contributed by atoms with E-state index in [1.165, 1.54) is 35.7 Å². The van der Waals surface area contributed by atoms with Gasteiger partial charge in [0.15, 0.2) is 5.16 Å². The Morgan fingerprint density at radius 3 is 2.96 bits per heavy atom. The predicted molar refractivity (Wildman–Crippen MR) is 103 cm³/mol. The number of amides is 1. The summed E-state index contributed by atoms with van der Waals surface area (Å²) < 4.78 is 3.24. The molecule has 3 aromatic rings. The Kier molecular flexibility index (Phi) is 4.69. The Labute approximate surface area is 155 Å². The number of para-hydroxylation sites is 1. The number of rotatable bonds is 4. The van der Waals surface area contributed by atoms with E-state index in [0.717, 1.165) is 22.1 Å². The predicted octanol–water partition coefficient (Wildman–Crippen LogP) is 4.12. The summed E-state index contributed by atoms with van der Waals surface area (Å²) in [7, 11) is 0. The summed E-state index contributed by atoms with van der Waals surface area (Å²) in [6.07, 6.45) is 4.79. The molecule has 3 unspecified atom stereocenters. The van der Waals surface area contributed by atoms with Gasteiger partial charge < -0.3 is 5.32 Å². The molecule has 0 aliphatic heterocycles. The first-order chi connectivity index (χ1) is 12.1. The summed E-state index contributed by atoms with van der Waals surface area (Å²) in [5.41, 5.74) is 1.10. The van der Waals surface area contributed by atoms with E-state index in [4.69, 9.17) is 0 Å². The minimum Gasteiger partial charge on any atom is -0.352 e. The molecule has 2 aromatic heterocycles. The van der Waals surface area contributed by atoms with E-state index in [9.17, 15) is 4.79 Å². The van der Waals surface area contributed by atoms with Crippen molar-refractivity contribution in [2.45, 2.75) is 56.0 Å². The van der Waals surface area contributed by atoms with Gasteiger partial charge in [-0.25, -0.2) is 0 Å². The zero-order valence-electron chi connectivity index (χ0n) is 14.4. The normalized spacial score (nSPS) is 22.3. The van der Waals surface area contributed by atoms with Gasteiger partial charge in [-0.05, 0) is 37.8 Å². The van der Waals surface area contributed by atoms with Crippen LogP contribution in [0.15, 0.2) is 29.4 Å². The highest BCUT2D eigenvalue weighted by atomic mass is 32.2. The van der Waals surface area contributed by atoms with Gasteiger partial charge in [0.2, 0.25) is 10.9 Å². The third-order valence-corrected chi connectivity index (χ3v) is 7.06. The van der Waals surface area contributed by atoms with E-state index >= 15 is 0 Å². The van der Waals surface area contributed by atoms with Crippen LogP contribution >= 0.6 is 23.1 Å². The van der Waals surface area contributed by atoms with Crippen LogP contribution in [0.4, 0.5) is 0 Å². The molecule has 7 heteroatoms. The van der Waals surface area contributed by atoms with Crippen molar-refractivity contribution in [1.29, 1.82) is 0 Å². The smallest absolute Gasteiger partial charge is 0.233 e. The molecule has 1 aliphatic rings. The van der Waals surface area contributed by atoms with E-state index in [1.807, 2.05) is 19.1 Å². The van der Waals surface area contributed by atoms with Crippen molar-refractivity contribution in [1.82, 2.24) is 19.9 Å². The molecular formula is C18H22N4OS2. The van der Waals surface area contributed by atoms with Gasteiger partial charge in [-0.15, -0.1) is 10.2 Å². The average Bonchev–Trinajstić information content (AvgIpc) is 3.16. The number of carbonyl (C=O) groups excluding carboxylic acids is 1. The molecule has 5 nitrogen and oxygen atoms in total. The quantitative estimate of drug-likeness (QED) is 0.698. The lowest BCUT2D eigenvalue weighted by Crippen LogP contribution is -2.44. The number of benzene rings is 1. The second kappa shape index (κ2) is 6.96. The van der Waals surface area contributed by atoms with E-state index in [-0.39, 0.29) is 11.2 Å². The summed E-state index contributed by atoms with van der Waals surface area (Å²) >= 11 is 3.10. The van der Waals surface area contributed by atoms with E-state index < -0.39 is 0 Å². The minimum absolute atomic E-state index is 0.0973. The van der Waals surface area contributed by atoms with Crippen molar-refractivity contribution >= 4 is 44.2 Å². The Balaban J connectivity index is 1.51. The van der Waals surface area contributed by atoms with Gasteiger partial charge in [-0.1, -0.05) is 55.0 Å². The fraction of sp³-hybridized carbons (Fsp3) is 0.500. The third kappa shape index (κ3) is 3.27. The zero-order valence-corrected chi connectivity index (χ0v) is 16.1. The van der Waals surface area contributed by atoms with Crippen LogP contribution in [-0.4, -0.2) is 31.8 Å². The Bertz CT molecular complexity index is 903. The molecule has 1 aliphatic carbocycles. The number of thiazole rings is 1. The van der Waals surface area contributed by atoms with Crippen LogP contribution < -0.4 is 5.32 Å². The SMILES string of the molecule is CC(Sc1nnc2sc3ccccc3n12)C(=O)NC1CCCCC1C. The number of thioether (sulfide) groups is 1. The van der Waals surface area contributed by atoms with Gasteiger partial charge in [0.1, 0.15) is 0 Å². The summed E-state index contributed by atoms with van der Waals surface area (Å²) in [4.78, 5) is 13.5. The molecule has 1 N–H and O–H groups in total. The van der Waals surface area contributed by atoms with Crippen molar-refractivity contribution in [2.24, 2.45) is 5.92 Å². The van der Waals surface area contributed by atoms with Crippen LogP contribution in [0.25, 0.3) is 15.2 Å². The van der Waals surface area contributed by atoms with Gasteiger partial charge in [0, 0.05) is 6.04 Å². The molecule has 1 aromatic carbocycles. The highest BCUT2D eigenvalue weighted by Crippen LogP contribution is 2.31. The van der Waals surface area contributed by atoms with Gasteiger partial charge in [0.25, 0.3) is 0 Å². The highest BCUT2D eigenvalue weighted by molar-refractivity contribution is 8.00. The van der Waals surface area contributed by atoms with Gasteiger partial charge >= 0.3 is 0 Å². The number of fused-ring (bicyclic) bond motifs is 3. The highest BCUT2D eigenvalue weighted by Gasteiger charge is 2.26. The number of aromatic nitrogens is 3. The molecule has 2 heterocycles. The first kappa shape index (κ1) is 16.8. The number of hydrogen-bond donors (Lipinski definition) is 1. The van der Waals surface area contributed by atoms with Crippen LogP contribution in [0.1, 0.15) is 39.5 Å². The summed E-state index contributed by atoms with van der Waals surface area (Å²) in [5, 5.41) is 12.4.